The van der Waals surface area contributed by atoms with Gasteiger partial charge in [-0.15, -0.1) is 0 Å². The number of nitrogens with two attached hydrogens (primary N) is 1. The van der Waals surface area contributed by atoms with Crippen LogP contribution in [-0.4, -0.2) is 30.7 Å². The molecule has 2 N–H and O–H groups in total. The van der Waals surface area contributed by atoms with E-state index in [4.69, 9.17) is 10.5 Å². The molecule has 1 rings (SSSR count). The van der Waals surface area contributed by atoms with E-state index in [1.54, 1.807) is 0 Å². The highest BCUT2D eigenvalue weighted by atomic mass is 19.4. The van der Waals surface area contributed by atoms with Crippen LogP contribution in [0.15, 0.2) is 0 Å². The summed E-state index contributed by atoms with van der Waals surface area (Å²) in [4.78, 5) is 11.4. The molecule has 3 nitrogen and oxygen atoms in total. The zero-order valence-corrected chi connectivity index (χ0v) is 7.73. The van der Waals surface area contributed by atoms with Gasteiger partial charge in [-0.2, -0.15) is 13.2 Å². The Balaban J connectivity index is 2.76. The Morgan fingerprint density at radius 1 is 1.50 bits per heavy atom. The fourth-order valence-electron chi connectivity index (χ4n) is 1.31. The number of carbonyl (C=O) groups excluding carboxylic acids is 1. The van der Waals surface area contributed by atoms with Gasteiger partial charge in [0, 0.05) is 12.5 Å². The molecule has 0 radical (unpaired) electrons. The Bertz CT molecular complexity index is 231. The number of rotatable bonds is 2. The highest BCUT2D eigenvalue weighted by Crippen LogP contribution is 2.32. The van der Waals surface area contributed by atoms with Crippen LogP contribution in [0.3, 0.4) is 0 Å². The van der Waals surface area contributed by atoms with E-state index in [-0.39, 0.29) is 6.61 Å². The van der Waals surface area contributed by atoms with Gasteiger partial charge in [-0.1, -0.05) is 0 Å². The normalized spacial score (nSPS) is 27.4. The lowest BCUT2D eigenvalue weighted by molar-refractivity contribution is -0.188. The predicted octanol–water partition coefficient (Wildman–Crippen LogP) is 0.872. The molecular weight excluding hydrogens is 199 g/mol. The van der Waals surface area contributed by atoms with Crippen molar-refractivity contribution in [3.05, 3.63) is 0 Å². The van der Waals surface area contributed by atoms with Crippen molar-refractivity contribution in [1.29, 1.82) is 0 Å². The summed E-state index contributed by atoms with van der Waals surface area (Å²) in [7, 11) is 0. The third kappa shape index (κ3) is 1.90. The topological polar surface area (TPSA) is 52.3 Å². The van der Waals surface area contributed by atoms with Crippen LogP contribution >= 0.6 is 0 Å². The molecule has 0 aromatic carbocycles. The second-order valence-corrected chi connectivity index (χ2v) is 3.62. The van der Waals surface area contributed by atoms with E-state index in [0.717, 1.165) is 0 Å². The molecule has 1 aliphatic rings. The average molecular weight is 211 g/mol. The van der Waals surface area contributed by atoms with Gasteiger partial charge in [0.1, 0.15) is 0 Å². The molecule has 0 bridgehead atoms. The smallest absolute Gasteiger partial charge is 0.381 e. The SMILES string of the molecule is CC(N)(C(=O)C1CCOC1)C(F)(F)F. The molecule has 6 heteroatoms. The van der Waals surface area contributed by atoms with Gasteiger partial charge in [-0.25, -0.2) is 0 Å². The van der Waals surface area contributed by atoms with E-state index in [1.807, 2.05) is 0 Å². The summed E-state index contributed by atoms with van der Waals surface area (Å²) in [6.45, 7) is 1.07. The summed E-state index contributed by atoms with van der Waals surface area (Å²) in [5.74, 6) is -1.70. The first kappa shape index (κ1) is 11.5. The minimum atomic E-state index is -4.70. The predicted molar refractivity (Wildman–Crippen MR) is 42.6 cm³/mol. The summed E-state index contributed by atoms with van der Waals surface area (Å²) >= 11 is 0. The van der Waals surface area contributed by atoms with Crippen LogP contribution < -0.4 is 5.73 Å². The first-order valence-corrected chi connectivity index (χ1v) is 4.24. The van der Waals surface area contributed by atoms with Crippen molar-refractivity contribution in [2.75, 3.05) is 13.2 Å². The first-order chi connectivity index (χ1) is 6.27. The van der Waals surface area contributed by atoms with Crippen molar-refractivity contribution in [2.24, 2.45) is 11.7 Å². The van der Waals surface area contributed by atoms with E-state index in [2.05, 4.69) is 0 Å². The van der Waals surface area contributed by atoms with E-state index in [1.165, 1.54) is 0 Å². The number of ketones is 1. The molecular formula is C8H12F3NO2. The molecule has 2 unspecified atom stereocenters. The minimum absolute atomic E-state index is 0.0434. The number of hydrogen-bond acceptors (Lipinski definition) is 3. The molecule has 0 amide bonds. The zero-order chi connectivity index (χ0) is 11.0. The standard InChI is InChI=1S/C8H12F3NO2/c1-7(12,8(9,10)11)6(13)5-2-3-14-4-5/h5H,2-4,12H2,1H3. The molecule has 2 atom stereocenters. The van der Waals surface area contributed by atoms with E-state index in [0.29, 0.717) is 20.0 Å². The quantitative estimate of drug-likeness (QED) is 0.737. The van der Waals surface area contributed by atoms with Crippen LogP contribution in [0.25, 0.3) is 0 Å². The van der Waals surface area contributed by atoms with Crippen molar-refractivity contribution in [2.45, 2.75) is 25.1 Å². The molecule has 1 saturated heterocycles. The fourth-order valence-corrected chi connectivity index (χ4v) is 1.31. The van der Waals surface area contributed by atoms with Crippen molar-refractivity contribution in [3.8, 4) is 0 Å². The van der Waals surface area contributed by atoms with Gasteiger partial charge in [0.25, 0.3) is 0 Å². The number of hydrogen-bond donors (Lipinski definition) is 1. The average Bonchev–Trinajstić information content (AvgIpc) is 2.52. The van der Waals surface area contributed by atoms with Crippen LogP contribution in [0.5, 0.6) is 0 Å². The summed E-state index contributed by atoms with van der Waals surface area (Å²) in [6.07, 6.45) is -4.38. The molecule has 1 heterocycles. The molecule has 82 valence electrons. The maximum absolute atomic E-state index is 12.4. The monoisotopic (exact) mass is 211 g/mol. The van der Waals surface area contributed by atoms with Gasteiger partial charge in [-0.05, 0) is 13.3 Å². The minimum Gasteiger partial charge on any atom is -0.381 e. The molecule has 1 aliphatic heterocycles. The molecule has 0 spiro atoms. The lowest BCUT2D eigenvalue weighted by Crippen LogP contribution is -2.59. The summed E-state index contributed by atoms with van der Waals surface area (Å²) in [5, 5.41) is 0. The van der Waals surface area contributed by atoms with Gasteiger partial charge in [0.05, 0.1) is 6.61 Å². The van der Waals surface area contributed by atoms with Crippen LogP contribution in [0, 0.1) is 5.92 Å². The number of halogens is 3. The van der Waals surface area contributed by atoms with E-state index < -0.39 is 23.4 Å². The van der Waals surface area contributed by atoms with Crippen molar-refractivity contribution in [3.63, 3.8) is 0 Å². The van der Waals surface area contributed by atoms with Crippen LogP contribution in [-0.2, 0) is 9.53 Å². The van der Waals surface area contributed by atoms with Crippen molar-refractivity contribution >= 4 is 5.78 Å². The van der Waals surface area contributed by atoms with Gasteiger partial charge < -0.3 is 10.5 Å². The van der Waals surface area contributed by atoms with Crippen LogP contribution in [0.1, 0.15) is 13.3 Å². The van der Waals surface area contributed by atoms with Gasteiger partial charge in [0.2, 0.25) is 0 Å². The van der Waals surface area contributed by atoms with Crippen LogP contribution in [0.4, 0.5) is 13.2 Å². The highest BCUT2D eigenvalue weighted by Gasteiger charge is 2.55. The Morgan fingerprint density at radius 3 is 2.43 bits per heavy atom. The molecule has 0 aliphatic carbocycles. The molecule has 0 saturated carbocycles. The molecule has 0 aromatic rings. The third-order valence-corrected chi connectivity index (χ3v) is 2.40. The summed E-state index contributed by atoms with van der Waals surface area (Å²) in [6, 6.07) is 0. The largest absolute Gasteiger partial charge is 0.413 e. The van der Waals surface area contributed by atoms with Gasteiger partial charge in [-0.3, -0.25) is 4.79 Å². The molecule has 14 heavy (non-hydrogen) atoms. The third-order valence-electron chi connectivity index (χ3n) is 2.40. The van der Waals surface area contributed by atoms with E-state index >= 15 is 0 Å². The Kier molecular flexibility index (Phi) is 2.87. The Hall–Kier alpha value is -0.620. The second-order valence-electron chi connectivity index (χ2n) is 3.62. The molecule has 0 aromatic heterocycles. The Labute approximate surface area is 79.4 Å². The number of Topliss-reactive ketones (excluding diaryl/α,β-unsaturated/α-hetero) is 1. The highest BCUT2D eigenvalue weighted by molar-refractivity contribution is 5.91. The Morgan fingerprint density at radius 2 is 2.07 bits per heavy atom. The van der Waals surface area contributed by atoms with E-state index in [9.17, 15) is 18.0 Å². The van der Waals surface area contributed by atoms with Crippen LogP contribution in [0.2, 0.25) is 0 Å². The second kappa shape index (κ2) is 3.51. The van der Waals surface area contributed by atoms with Crippen molar-refractivity contribution < 1.29 is 22.7 Å². The lowest BCUT2D eigenvalue weighted by atomic mass is 9.87. The van der Waals surface area contributed by atoms with Gasteiger partial charge in [0.15, 0.2) is 11.3 Å². The maximum atomic E-state index is 12.4. The fraction of sp³-hybridized carbons (Fsp3) is 0.875. The van der Waals surface area contributed by atoms with Crippen molar-refractivity contribution in [1.82, 2.24) is 0 Å². The first-order valence-electron chi connectivity index (χ1n) is 4.24. The maximum Gasteiger partial charge on any atom is 0.413 e. The summed E-state index contributed by atoms with van der Waals surface area (Å²) < 4.78 is 41.9. The lowest BCUT2D eigenvalue weighted by Gasteiger charge is -2.28. The number of ether oxygens (including phenoxy) is 1. The number of carbonyl (C=O) groups is 1. The van der Waals surface area contributed by atoms with Gasteiger partial charge >= 0.3 is 6.18 Å². The summed E-state index contributed by atoms with van der Waals surface area (Å²) in [5.41, 5.74) is 2.23. The zero-order valence-electron chi connectivity index (χ0n) is 7.73. The number of alkyl halides is 3. The molecule has 1 fully saturated rings.